The third kappa shape index (κ3) is 4.38. The second kappa shape index (κ2) is 8.92. The fraction of sp³-hybridized carbons (Fsp3) is 0.636. The summed E-state index contributed by atoms with van der Waals surface area (Å²) in [5, 5.41) is 14.9. The van der Waals surface area contributed by atoms with Gasteiger partial charge in [-0.1, -0.05) is 29.4 Å². The van der Waals surface area contributed by atoms with Gasteiger partial charge in [0.2, 0.25) is 0 Å². The molecule has 0 saturated carbocycles. The van der Waals surface area contributed by atoms with E-state index in [4.69, 9.17) is 19.0 Å². The SMILES string of the molecule is COC1(c2nc(C3CCOCC3)no2)CCN(CC(O)c2ccccc2C)CC1. The molecule has 1 aromatic carbocycles. The number of piperidine rings is 1. The van der Waals surface area contributed by atoms with Gasteiger partial charge >= 0.3 is 0 Å². The number of hydrogen-bond acceptors (Lipinski definition) is 7. The normalized spacial score (nSPS) is 21.9. The molecule has 7 heteroatoms. The molecule has 7 nitrogen and oxygen atoms in total. The molecule has 0 spiro atoms. The summed E-state index contributed by atoms with van der Waals surface area (Å²) in [6.45, 7) is 5.78. The fourth-order valence-corrected chi connectivity index (χ4v) is 4.45. The molecule has 0 bridgehead atoms. The summed E-state index contributed by atoms with van der Waals surface area (Å²) >= 11 is 0. The zero-order valence-electron chi connectivity index (χ0n) is 17.3. The average molecular weight is 402 g/mol. The molecule has 2 aromatic rings. The summed E-state index contributed by atoms with van der Waals surface area (Å²) in [7, 11) is 1.72. The van der Waals surface area contributed by atoms with Crippen molar-refractivity contribution in [1.82, 2.24) is 15.0 Å². The molecule has 1 unspecified atom stereocenters. The Balaban J connectivity index is 1.39. The van der Waals surface area contributed by atoms with Gasteiger partial charge in [-0.3, -0.25) is 0 Å². The van der Waals surface area contributed by atoms with Gasteiger partial charge in [-0.05, 0) is 43.7 Å². The number of benzene rings is 1. The van der Waals surface area contributed by atoms with E-state index < -0.39 is 11.7 Å². The number of aliphatic hydroxyl groups excluding tert-OH is 1. The van der Waals surface area contributed by atoms with Gasteiger partial charge in [0, 0.05) is 45.9 Å². The quantitative estimate of drug-likeness (QED) is 0.797. The minimum Gasteiger partial charge on any atom is -0.387 e. The first-order valence-corrected chi connectivity index (χ1v) is 10.5. The predicted molar refractivity (Wildman–Crippen MR) is 108 cm³/mol. The van der Waals surface area contributed by atoms with Gasteiger partial charge in [-0.15, -0.1) is 0 Å². The summed E-state index contributed by atoms with van der Waals surface area (Å²) in [6, 6.07) is 8.01. The minimum absolute atomic E-state index is 0.305. The second-order valence-corrected chi connectivity index (χ2v) is 8.22. The van der Waals surface area contributed by atoms with E-state index in [1.54, 1.807) is 7.11 Å². The molecule has 2 aliphatic rings. The highest BCUT2D eigenvalue weighted by atomic mass is 16.5. The van der Waals surface area contributed by atoms with Crippen LogP contribution in [0.25, 0.3) is 0 Å². The molecule has 0 amide bonds. The molecule has 1 atom stereocenters. The number of aromatic nitrogens is 2. The molecule has 0 aliphatic carbocycles. The van der Waals surface area contributed by atoms with Crippen molar-refractivity contribution in [2.24, 2.45) is 0 Å². The Morgan fingerprint density at radius 2 is 1.97 bits per heavy atom. The van der Waals surface area contributed by atoms with E-state index in [1.165, 1.54) is 0 Å². The first kappa shape index (κ1) is 20.5. The Kier molecular flexibility index (Phi) is 6.29. The van der Waals surface area contributed by atoms with Crippen LogP contribution in [0.15, 0.2) is 28.8 Å². The summed E-state index contributed by atoms with van der Waals surface area (Å²) in [5.74, 6) is 1.66. The van der Waals surface area contributed by atoms with E-state index in [1.807, 2.05) is 31.2 Å². The van der Waals surface area contributed by atoms with Crippen LogP contribution in [0.4, 0.5) is 0 Å². The number of ether oxygens (including phenoxy) is 2. The van der Waals surface area contributed by atoms with Crippen LogP contribution in [-0.2, 0) is 15.1 Å². The molecular formula is C22H31N3O4. The number of methoxy groups -OCH3 is 1. The van der Waals surface area contributed by atoms with Crippen LogP contribution in [0, 0.1) is 6.92 Å². The molecule has 1 aromatic heterocycles. The van der Waals surface area contributed by atoms with Crippen LogP contribution < -0.4 is 0 Å². The van der Waals surface area contributed by atoms with E-state index in [0.717, 1.165) is 68.9 Å². The lowest BCUT2D eigenvalue weighted by Gasteiger charge is -2.39. The zero-order chi connectivity index (χ0) is 20.3. The van der Waals surface area contributed by atoms with Crippen LogP contribution in [0.3, 0.4) is 0 Å². The van der Waals surface area contributed by atoms with Crippen LogP contribution in [0.5, 0.6) is 0 Å². The van der Waals surface area contributed by atoms with E-state index in [9.17, 15) is 5.11 Å². The largest absolute Gasteiger partial charge is 0.387 e. The Morgan fingerprint density at radius 1 is 1.24 bits per heavy atom. The molecule has 2 fully saturated rings. The Labute approximate surface area is 172 Å². The van der Waals surface area contributed by atoms with Gasteiger partial charge in [-0.2, -0.15) is 4.98 Å². The number of likely N-dealkylation sites (tertiary alicyclic amines) is 1. The Bertz CT molecular complexity index is 795. The summed E-state index contributed by atoms with van der Waals surface area (Å²) in [4.78, 5) is 7.00. The molecular weight excluding hydrogens is 370 g/mol. The van der Waals surface area contributed by atoms with E-state index >= 15 is 0 Å². The van der Waals surface area contributed by atoms with Gasteiger partial charge in [0.1, 0.15) is 5.60 Å². The number of hydrogen-bond donors (Lipinski definition) is 1. The molecule has 2 aliphatic heterocycles. The van der Waals surface area contributed by atoms with Crippen molar-refractivity contribution in [3.8, 4) is 0 Å². The number of aryl methyl sites for hydroxylation is 1. The maximum Gasteiger partial charge on any atom is 0.258 e. The first-order valence-electron chi connectivity index (χ1n) is 10.5. The number of rotatable bonds is 6. The highest BCUT2D eigenvalue weighted by molar-refractivity contribution is 5.27. The topological polar surface area (TPSA) is 80.9 Å². The van der Waals surface area contributed by atoms with Gasteiger partial charge in [0.25, 0.3) is 5.89 Å². The van der Waals surface area contributed by atoms with Crippen LogP contribution in [0.2, 0.25) is 0 Å². The summed E-state index contributed by atoms with van der Waals surface area (Å²) in [6.07, 6.45) is 2.90. The van der Waals surface area contributed by atoms with Crippen LogP contribution in [-0.4, -0.2) is 60.1 Å². The van der Waals surface area contributed by atoms with Crippen molar-refractivity contribution >= 4 is 0 Å². The smallest absolute Gasteiger partial charge is 0.258 e. The highest BCUT2D eigenvalue weighted by Crippen LogP contribution is 2.37. The zero-order valence-corrected chi connectivity index (χ0v) is 17.3. The molecule has 158 valence electrons. The van der Waals surface area contributed by atoms with E-state index in [-0.39, 0.29) is 0 Å². The van der Waals surface area contributed by atoms with Crippen LogP contribution >= 0.6 is 0 Å². The van der Waals surface area contributed by atoms with Gasteiger partial charge in [0.15, 0.2) is 5.82 Å². The molecule has 1 N–H and O–H groups in total. The van der Waals surface area contributed by atoms with Crippen molar-refractivity contribution in [2.45, 2.75) is 50.2 Å². The highest BCUT2D eigenvalue weighted by Gasteiger charge is 2.42. The summed E-state index contributed by atoms with van der Waals surface area (Å²) < 4.78 is 17.0. The molecule has 2 saturated heterocycles. The number of aliphatic hydroxyl groups is 1. The predicted octanol–water partition coefficient (Wildman–Crippen LogP) is 2.94. The maximum absolute atomic E-state index is 10.7. The lowest BCUT2D eigenvalue weighted by atomic mass is 9.90. The molecule has 29 heavy (non-hydrogen) atoms. The third-order valence-corrected chi connectivity index (χ3v) is 6.45. The van der Waals surface area contributed by atoms with Crippen molar-refractivity contribution < 1.29 is 19.1 Å². The van der Waals surface area contributed by atoms with Crippen molar-refractivity contribution in [3.63, 3.8) is 0 Å². The molecule has 4 rings (SSSR count). The van der Waals surface area contributed by atoms with Gasteiger partial charge in [-0.25, -0.2) is 0 Å². The standard InChI is InChI=1S/C22H31N3O4/c1-16-5-3-4-6-18(16)19(26)15-25-11-9-22(27-2,10-12-25)21-23-20(24-29-21)17-7-13-28-14-8-17/h3-6,17,19,26H,7-15H2,1-2H3. The second-order valence-electron chi connectivity index (χ2n) is 8.22. The van der Waals surface area contributed by atoms with Crippen molar-refractivity contribution in [1.29, 1.82) is 0 Å². The average Bonchev–Trinajstić information content (AvgIpc) is 3.26. The minimum atomic E-state index is -0.541. The first-order chi connectivity index (χ1) is 14.1. The lowest BCUT2D eigenvalue weighted by Crippen LogP contribution is -2.45. The number of nitrogens with zero attached hydrogens (tertiary/aromatic N) is 3. The maximum atomic E-state index is 10.7. The van der Waals surface area contributed by atoms with Crippen LogP contribution in [0.1, 0.15) is 60.5 Å². The third-order valence-electron chi connectivity index (χ3n) is 6.45. The van der Waals surface area contributed by atoms with E-state index in [0.29, 0.717) is 18.4 Å². The van der Waals surface area contributed by atoms with Gasteiger partial charge in [0.05, 0.1) is 6.10 Å². The Morgan fingerprint density at radius 3 is 2.66 bits per heavy atom. The van der Waals surface area contributed by atoms with Crippen molar-refractivity contribution in [3.05, 3.63) is 47.1 Å². The van der Waals surface area contributed by atoms with Gasteiger partial charge < -0.3 is 24.0 Å². The monoisotopic (exact) mass is 401 g/mol. The van der Waals surface area contributed by atoms with Crippen molar-refractivity contribution in [2.75, 3.05) is 40.0 Å². The fourth-order valence-electron chi connectivity index (χ4n) is 4.45. The molecule has 3 heterocycles. The van der Waals surface area contributed by atoms with E-state index in [2.05, 4.69) is 10.1 Å². The number of β-amino-alcohol motifs (C(OH)–C–C–N with tert-alkyl or cyclic N) is 1. The molecule has 0 radical (unpaired) electrons. The lowest BCUT2D eigenvalue weighted by molar-refractivity contribution is -0.0866. The Hall–Kier alpha value is -1.80. The summed E-state index contributed by atoms with van der Waals surface area (Å²) in [5.41, 5.74) is 1.57.